The summed E-state index contributed by atoms with van der Waals surface area (Å²) >= 11 is 0. The van der Waals surface area contributed by atoms with Crippen molar-refractivity contribution in [3.63, 3.8) is 0 Å². The molecular formula is C13H9FN4O. The Balaban J connectivity index is 2.00. The van der Waals surface area contributed by atoms with Gasteiger partial charge in [0.2, 0.25) is 5.82 Å². The molecule has 0 aliphatic heterocycles. The van der Waals surface area contributed by atoms with Crippen LogP contribution in [0.5, 0.6) is 0 Å². The summed E-state index contributed by atoms with van der Waals surface area (Å²) < 4.78 is 18.2. The van der Waals surface area contributed by atoms with E-state index in [4.69, 9.17) is 10.3 Å². The lowest BCUT2D eigenvalue weighted by atomic mass is 10.2. The summed E-state index contributed by atoms with van der Waals surface area (Å²) in [7, 11) is 0. The molecule has 3 rings (SSSR count). The Morgan fingerprint density at radius 1 is 1.11 bits per heavy atom. The van der Waals surface area contributed by atoms with Crippen LogP contribution in [0.3, 0.4) is 0 Å². The van der Waals surface area contributed by atoms with E-state index >= 15 is 0 Å². The quantitative estimate of drug-likeness (QED) is 0.762. The van der Waals surface area contributed by atoms with Crippen LogP contribution in [-0.4, -0.2) is 15.1 Å². The summed E-state index contributed by atoms with van der Waals surface area (Å²) in [6, 6.07) is 7.66. The molecular weight excluding hydrogens is 247 g/mol. The second-order valence-electron chi connectivity index (χ2n) is 3.94. The SMILES string of the molecule is Nc1cncc(-c2nc(-c3cccc(F)c3)no2)c1. The van der Waals surface area contributed by atoms with Crippen molar-refractivity contribution < 1.29 is 8.91 Å². The van der Waals surface area contributed by atoms with Gasteiger partial charge in [0, 0.05) is 18.0 Å². The van der Waals surface area contributed by atoms with Crippen LogP contribution in [-0.2, 0) is 0 Å². The van der Waals surface area contributed by atoms with Gasteiger partial charge in [0.1, 0.15) is 5.82 Å². The first kappa shape index (κ1) is 11.3. The van der Waals surface area contributed by atoms with Crippen LogP contribution in [0.1, 0.15) is 0 Å². The molecule has 2 aromatic heterocycles. The van der Waals surface area contributed by atoms with E-state index in [0.717, 1.165) is 0 Å². The lowest BCUT2D eigenvalue weighted by molar-refractivity contribution is 0.432. The minimum absolute atomic E-state index is 0.291. The summed E-state index contributed by atoms with van der Waals surface area (Å²) in [5, 5.41) is 3.81. The monoisotopic (exact) mass is 256 g/mol. The highest BCUT2D eigenvalue weighted by Crippen LogP contribution is 2.22. The summed E-state index contributed by atoms with van der Waals surface area (Å²) in [4.78, 5) is 8.14. The third-order valence-electron chi connectivity index (χ3n) is 2.52. The predicted molar refractivity (Wildman–Crippen MR) is 67.3 cm³/mol. The number of aromatic nitrogens is 3. The average molecular weight is 256 g/mol. The fraction of sp³-hybridized carbons (Fsp3) is 0. The summed E-state index contributed by atoms with van der Waals surface area (Å²) in [5.41, 5.74) is 7.30. The second-order valence-corrected chi connectivity index (χ2v) is 3.94. The van der Waals surface area contributed by atoms with Gasteiger partial charge in [-0.25, -0.2) is 4.39 Å². The van der Waals surface area contributed by atoms with Gasteiger partial charge >= 0.3 is 0 Å². The van der Waals surface area contributed by atoms with Crippen molar-refractivity contribution in [2.75, 3.05) is 5.73 Å². The molecule has 0 saturated carbocycles. The van der Waals surface area contributed by atoms with Gasteiger partial charge in [-0.3, -0.25) is 4.98 Å². The molecule has 0 unspecified atom stereocenters. The van der Waals surface area contributed by atoms with Gasteiger partial charge in [-0.2, -0.15) is 4.98 Å². The van der Waals surface area contributed by atoms with Crippen LogP contribution in [0.2, 0.25) is 0 Å². The Morgan fingerprint density at radius 2 is 2.00 bits per heavy atom. The number of anilines is 1. The Kier molecular flexibility index (Phi) is 2.68. The highest BCUT2D eigenvalue weighted by molar-refractivity contribution is 5.61. The number of hydrogen-bond acceptors (Lipinski definition) is 5. The molecule has 1 aromatic carbocycles. The summed E-state index contributed by atoms with van der Waals surface area (Å²) in [6.45, 7) is 0. The van der Waals surface area contributed by atoms with Crippen molar-refractivity contribution in [1.29, 1.82) is 0 Å². The number of halogens is 1. The molecule has 0 radical (unpaired) electrons. The van der Waals surface area contributed by atoms with Gasteiger partial charge in [0.15, 0.2) is 0 Å². The molecule has 0 saturated heterocycles. The highest BCUT2D eigenvalue weighted by Gasteiger charge is 2.11. The van der Waals surface area contributed by atoms with E-state index in [1.165, 1.54) is 18.3 Å². The highest BCUT2D eigenvalue weighted by atomic mass is 19.1. The van der Waals surface area contributed by atoms with E-state index in [9.17, 15) is 4.39 Å². The van der Waals surface area contributed by atoms with Crippen molar-refractivity contribution in [2.45, 2.75) is 0 Å². The minimum atomic E-state index is -0.352. The number of nitrogens with zero attached hydrogens (tertiary/aromatic N) is 3. The van der Waals surface area contributed by atoms with E-state index in [1.54, 1.807) is 24.4 Å². The van der Waals surface area contributed by atoms with Crippen LogP contribution in [0.15, 0.2) is 47.2 Å². The molecule has 19 heavy (non-hydrogen) atoms. The Morgan fingerprint density at radius 3 is 2.79 bits per heavy atom. The fourth-order valence-electron chi connectivity index (χ4n) is 1.66. The molecule has 0 fully saturated rings. The molecule has 94 valence electrons. The van der Waals surface area contributed by atoms with Gasteiger partial charge in [-0.1, -0.05) is 17.3 Å². The van der Waals surface area contributed by atoms with E-state index < -0.39 is 0 Å². The molecule has 2 N–H and O–H groups in total. The zero-order valence-electron chi connectivity index (χ0n) is 9.75. The lowest BCUT2D eigenvalue weighted by Gasteiger charge is -1.95. The number of pyridine rings is 1. The van der Waals surface area contributed by atoms with Crippen molar-refractivity contribution in [1.82, 2.24) is 15.1 Å². The van der Waals surface area contributed by atoms with E-state index in [-0.39, 0.29) is 5.82 Å². The van der Waals surface area contributed by atoms with Crippen molar-refractivity contribution in [3.8, 4) is 22.8 Å². The first-order valence-electron chi connectivity index (χ1n) is 5.53. The van der Waals surface area contributed by atoms with Crippen LogP contribution < -0.4 is 5.73 Å². The zero-order valence-corrected chi connectivity index (χ0v) is 9.75. The molecule has 0 amide bonds. The maximum absolute atomic E-state index is 13.1. The van der Waals surface area contributed by atoms with Crippen LogP contribution in [0, 0.1) is 5.82 Å². The number of benzene rings is 1. The Bertz CT molecular complexity index is 666. The van der Waals surface area contributed by atoms with Crippen molar-refractivity contribution in [2.24, 2.45) is 0 Å². The van der Waals surface area contributed by atoms with Crippen molar-refractivity contribution >= 4 is 5.69 Å². The zero-order chi connectivity index (χ0) is 13.2. The minimum Gasteiger partial charge on any atom is -0.397 e. The maximum atomic E-state index is 13.1. The van der Waals surface area contributed by atoms with E-state index in [1.807, 2.05) is 0 Å². The van der Waals surface area contributed by atoms with Crippen LogP contribution in [0.4, 0.5) is 10.1 Å². The van der Waals surface area contributed by atoms with Crippen LogP contribution in [0.25, 0.3) is 22.8 Å². The Labute approximate surface area is 107 Å². The largest absolute Gasteiger partial charge is 0.397 e. The lowest BCUT2D eigenvalue weighted by Crippen LogP contribution is -1.88. The molecule has 3 aromatic rings. The fourth-order valence-corrected chi connectivity index (χ4v) is 1.66. The second kappa shape index (κ2) is 4.49. The van der Waals surface area contributed by atoms with Gasteiger partial charge in [0.05, 0.1) is 11.3 Å². The molecule has 0 spiro atoms. The van der Waals surface area contributed by atoms with Gasteiger partial charge in [0.25, 0.3) is 5.89 Å². The Hall–Kier alpha value is -2.76. The maximum Gasteiger partial charge on any atom is 0.259 e. The first-order valence-corrected chi connectivity index (χ1v) is 5.53. The van der Waals surface area contributed by atoms with Gasteiger partial charge in [-0.05, 0) is 18.2 Å². The van der Waals surface area contributed by atoms with E-state index in [2.05, 4.69) is 15.1 Å². The standard InChI is InChI=1S/C13H9FN4O/c14-10-3-1-2-8(4-10)12-17-13(19-18-12)9-5-11(15)7-16-6-9/h1-7H,15H2. The molecule has 0 aliphatic rings. The third-order valence-corrected chi connectivity index (χ3v) is 2.52. The number of nitrogens with two attached hydrogens (primary N) is 1. The third kappa shape index (κ3) is 2.28. The average Bonchev–Trinajstić information content (AvgIpc) is 2.88. The summed E-state index contributed by atoms with van der Waals surface area (Å²) in [6.07, 6.45) is 3.09. The normalized spacial score (nSPS) is 10.6. The molecule has 5 nitrogen and oxygen atoms in total. The first-order chi connectivity index (χ1) is 9.22. The number of rotatable bonds is 2. The number of nitrogen functional groups attached to an aromatic ring is 1. The summed E-state index contributed by atoms with van der Waals surface area (Å²) in [5.74, 6) is 0.255. The molecule has 0 aliphatic carbocycles. The molecule has 0 bridgehead atoms. The number of hydrogen-bond donors (Lipinski definition) is 1. The topological polar surface area (TPSA) is 77.8 Å². The molecule has 6 heteroatoms. The van der Waals surface area contributed by atoms with Gasteiger partial charge in [-0.15, -0.1) is 0 Å². The smallest absolute Gasteiger partial charge is 0.259 e. The van der Waals surface area contributed by atoms with E-state index in [0.29, 0.717) is 28.5 Å². The van der Waals surface area contributed by atoms with Crippen LogP contribution >= 0.6 is 0 Å². The predicted octanol–water partition coefficient (Wildman–Crippen LogP) is 2.52. The van der Waals surface area contributed by atoms with Crippen molar-refractivity contribution in [3.05, 3.63) is 48.5 Å². The molecule has 0 atom stereocenters. The van der Waals surface area contributed by atoms with Gasteiger partial charge < -0.3 is 10.3 Å². The molecule has 2 heterocycles.